The van der Waals surface area contributed by atoms with Crippen LogP contribution in [0.2, 0.25) is 0 Å². The zero-order valence-electron chi connectivity index (χ0n) is 11.1. The SMILES string of the molecule is COc1cccc(-c2nc(C)c(CCN)n2C)c1. The van der Waals surface area contributed by atoms with Crippen LogP contribution in [-0.2, 0) is 13.5 Å². The smallest absolute Gasteiger partial charge is 0.140 e. The van der Waals surface area contributed by atoms with Crippen LogP contribution in [0.4, 0.5) is 0 Å². The lowest BCUT2D eigenvalue weighted by molar-refractivity contribution is 0.415. The van der Waals surface area contributed by atoms with Crippen molar-refractivity contribution in [2.24, 2.45) is 12.8 Å². The highest BCUT2D eigenvalue weighted by Gasteiger charge is 2.12. The standard InChI is InChI=1S/C14H19N3O/c1-10-13(7-8-15)17(2)14(16-10)11-5-4-6-12(9-11)18-3/h4-6,9H,7-8,15H2,1-3H3. The molecule has 0 saturated carbocycles. The fourth-order valence-electron chi connectivity index (χ4n) is 2.17. The van der Waals surface area contributed by atoms with Gasteiger partial charge in [0.15, 0.2) is 0 Å². The molecule has 2 aromatic rings. The molecule has 0 amide bonds. The predicted molar refractivity (Wildman–Crippen MR) is 72.7 cm³/mol. The normalized spacial score (nSPS) is 10.7. The number of nitrogens with two attached hydrogens (primary N) is 1. The minimum absolute atomic E-state index is 0.637. The molecule has 1 aromatic heterocycles. The van der Waals surface area contributed by atoms with E-state index >= 15 is 0 Å². The molecule has 0 aliphatic carbocycles. The van der Waals surface area contributed by atoms with E-state index in [4.69, 9.17) is 10.5 Å². The second-order valence-corrected chi connectivity index (χ2v) is 4.30. The summed E-state index contributed by atoms with van der Waals surface area (Å²) in [5, 5.41) is 0. The van der Waals surface area contributed by atoms with Crippen LogP contribution >= 0.6 is 0 Å². The summed E-state index contributed by atoms with van der Waals surface area (Å²) in [6.07, 6.45) is 0.847. The third-order valence-corrected chi connectivity index (χ3v) is 3.12. The maximum absolute atomic E-state index is 5.63. The van der Waals surface area contributed by atoms with Crippen molar-refractivity contribution in [2.45, 2.75) is 13.3 Å². The summed E-state index contributed by atoms with van der Waals surface area (Å²) < 4.78 is 7.35. The Morgan fingerprint density at radius 3 is 2.83 bits per heavy atom. The fraction of sp³-hybridized carbons (Fsp3) is 0.357. The molecule has 0 bridgehead atoms. The van der Waals surface area contributed by atoms with Gasteiger partial charge < -0.3 is 15.0 Å². The van der Waals surface area contributed by atoms with Crippen LogP contribution in [0.1, 0.15) is 11.4 Å². The van der Waals surface area contributed by atoms with Gasteiger partial charge in [-0.05, 0) is 25.6 Å². The van der Waals surface area contributed by atoms with Crippen LogP contribution in [0.15, 0.2) is 24.3 Å². The molecule has 4 heteroatoms. The molecule has 1 aromatic carbocycles. The molecular weight excluding hydrogens is 226 g/mol. The van der Waals surface area contributed by atoms with Gasteiger partial charge in [0.2, 0.25) is 0 Å². The molecule has 0 aliphatic rings. The second-order valence-electron chi connectivity index (χ2n) is 4.30. The van der Waals surface area contributed by atoms with Crippen LogP contribution in [0.5, 0.6) is 5.75 Å². The average molecular weight is 245 g/mol. The quantitative estimate of drug-likeness (QED) is 0.895. The Morgan fingerprint density at radius 2 is 2.17 bits per heavy atom. The van der Waals surface area contributed by atoms with Crippen LogP contribution in [0.3, 0.4) is 0 Å². The first-order valence-electron chi connectivity index (χ1n) is 6.04. The highest BCUT2D eigenvalue weighted by Crippen LogP contribution is 2.24. The Morgan fingerprint density at radius 1 is 1.39 bits per heavy atom. The van der Waals surface area contributed by atoms with Gasteiger partial charge in [-0.2, -0.15) is 0 Å². The molecule has 0 radical (unpaired) electrons. The number of rotatable bonds is 4. The number of hydrogen-bond donors (Lipinski definition) is 1. The monoisotopic (exact) mass is 245 g/mol. The second kappa shape index (κ2) is 5.23. The molecule has 0 aliphatic heterocycles. The maximum atomic E-state index is 5.63. The molecule has 1 heterocycles. The third kappa shape index (κ3) is 2.24. The summed E-state index contributed by atoms with van der Waals surface area (Å²) in [6, 6.07) is 7.94. The number of aryl methyl sites for hydroxylation is 1. The Kier molecular flexibility index (Phi) is 3.67. The van der Waals surface area contributed by atoms with Gasteiger partial charge >= 0.3 is 0 Å². The molecule has 0 spiro atoms. The summed E-state index contributed by atoms with van der Waals surface area (Å²) in [5.74, 6) is 1.79. The van der Waals surface area contributed by atoms with Crippen LogP contribution < -0.4 is 10.5 Å². The van der Waals surface area contributed by atoms with E-state index in [1.807, 2.05) is 38.2 Å². The molecule has 0 fully saturated rings. The largest absolute Gasteiger partial charge is 0.497 e. The zero-order valence-corrected chi connectivity index (χ0v) is 11.1. The summed E-state index contributed by atoms with van der Waals surface area (Å²) in [7, 11) is 3.70. The zero-order chi connectivity index (χ0) is 13.1. The highest BCUT2D eigenvalue weighted by molar-refractivity contribution is 5.59. The Balaban J connectivity index is 2.47. The fourth-order valence-corrected chi connectivity index (χ4v) is 2.17. The molecule has 4 nitrogen and oxygen atoms in total. The number of benzene rings is 1. The molecule has 2 N–H and O–H groups in total. The topological polar surface area (TPSA) is 53.1 Å². The molecule has 18 heavy (non-hydrogen) atoms. The van der Waals surface area contributed by atoms with Gasteiger partial charge in [0.25, 0.3) is 0 Å². The Labute approximate surface area is 107 Å². The van der Waals surface area contributed by atoms with Crippen LogP contribution in [-0.4, -0.2) is 23.2 Å². The van der Waals surface area contributed by atoms with Crippen molar-refractivity contribution in [1.82, 2.24) is 9.55 Å². The summed E-state index contributed by atoms with van der Waals surface area (Å²) in [6.45, 7) is 2.66. The first kappa shape index (κ1) is 12.6. The lowest BCUT2D eigenvalue weighted by atomic mass is 10.2. The minimum Gasteiger partial charge on any atom is -0.497 e. The van der Waals surface area contributed by atoms with Gasteiger partial charge in [-0.15, -0.1) is 0 Å². The van der Waals surface area contributed by atoms with E-state index in [0.717, 1.165) is 29.3 Å². The highest BCUT2D eigenvalue weighted by atomic mass is 16.5. The number of nitrogens with zero attached hydrogens (tertiary/aromatic N) is 2. The number of imidazole rings is 1. The van der Waals surface area contributed by atoms with Crippen molar-refractivity contribution in [1.29, 1.82) is 0 Å². The van der Waals surface area contributed by atoms with Crippen LogP contribution in [0, 0.1) is 6.92 Å². The van der Waals surface area contributed by atoms with Gasteiger partial charge in [0.05, 0.1) is 12.8 Å². The van der Waals surface area contributed by atoms with Crippen molar-refractivity contribution in [3.05, 3.63) is 35.7 Å². The first-order valence-corrected chi connectivity index (χ1v) is 6.04. The van der Waals surface area contributed by atoms with E-state index in [-0.39, 0.29) is 0 Å². The minimum atomic E-state index is 0.637. The van der Waals surface area contributed by atoms with E-state index in [0.29, 0.717) is 6.54 Å². The lowest BCUT2D eigenvalue weighted by Crippen LogP contribution is -2.08. The van der Waals surface area contributed by atoms with Crippen molar-refractivity contribution in [3.63, 3.8) is 0 Å². The van der Waals surface area contributed by atoms with Gasteiger partial charge in [-0.1, -0.05) is 12.1 Å². The number of hydrogen-bond acceptors (Lipinski definition) is 3. The molecule has 2 rings (SSSR count). The Hall–Kier alpha value is -1.81. The van der Waals surface area contributed by atoms with Gasteiger partial charge in [-0.3, -0.25) is 0 Å². The van der Waals surface area contributed by atoms with Gasteiger partial charge in [0, 0.05) is 24.7 Å². The summed E-state index contributed by atoms with van der Waals surface area (Å²) in [5.41, 5.74) is 8.92. The summed E-state index contributed by atoms with van der Waals surface area (Å²) in [4.78, 5) is 4.63. The molecule has 96 valence electrons. The number of aromatic nitrogens is 2. The van der Waals surface area contributed by atoms with Crippen molar-refractivity contribution in [2.75, 3.05) is 13.7 Å². The van der Waals surface area contributed by atoms with Gasteiger partial charge in [-0.25, -0.2) is 4.98 Å². The molecule has 0 atom stereocenters. The molecular formula is C14H19N3O. The van der Waals surface area contributed by atoms with Gasteiger partial charge in [0.1, 0.15) is 11.6 Å². The molecule has 0 saturated heterocycles. The Bertz CT molecular complexity index is 546. The van der Waals surface area contributed by atoms with E-state index < -0.39 is 0 Å². The third-order valence-electron chi connectivity index (χ3n) is 3.12. The summed E-state index contributed by atoms with van der Waals surface area (Å²) >= 11 is 0. The maximum Gasteiger partial charge on any atom is 0.140 e. The van der Waals surface area contributed by atoms with E-state index in [1.165, 1.54) is 5.69 Å². The predicted octanol–water partition coefficient (Wildman–Crippen LogP) is 1.91. The van der Waals surface area contributed by atoms with E-state index in [2.05, 4.69) is 9.55 Å². The van der Waals surface area contributed by atoms with Crippen molar-refractivity contribution >= 4 is 0 Å². The number of ether oxygens (including phenoxy) is 1. The first-order chi connectivity index (χ1) is 8.67. The van der Waals surface area contributed by atoms with Crippen molar-refractivity contribution < 1.29 is 4.74 Å². The van der Waals surface area contributed by atoms with Crippen LogP contribution in [0.25, 0.3) is 11.4 Å². The van der Waals surface area contributed by atoms with E-state index in [1.54, 1.807) is 7.11 Å². The lowest BCUT2D eigenvalue weighted by Gasteiger charge is -2.07. The molecule has 0 unspecified atom stereocenters. The average Bonchev–Trinajstić information content (AvgIpc) is 2.67. The van der Waals surface area contributed by atoms with Crippen molar-refractivity contribution in [3.8, 4) is 17.1 Å². The van der Waals surface area contributed by atoms with E-state index in [9.17, 15) is 0 Å². The number of methoxy groups -OCH3 is 1.